The molecule has 0 aromatic heterocycles. The smallest absolute Gasteiger partial charge is 0.270 e. The van der Waals surface area contributed by atoms with Crippen molar-refractivity contribution in [3.8, 4) is 0 Å². The first-order valence-electron chi connectivity index (χ1n) is 5.17. The van der Waals surface area contributed by atoms with Gasteiger partial charge in [0.05, 0.1) is 16.1 Å². The van der Waals surface area contributed by atoms with Gasteiger partial charge in [-0.3, -0.25) is 4.79 Å². The molecule has 94 valence electrons. The predicted molar refractivity (Wildman–Crippen MR) is 72.7 cm³/mol. The summed E-state index contributed by atoms with van der Waals surface area (Å²) in [6, 6.07) is 6.61. The van der Waals surface area contributed by atoms with Crippen LogP contribution in [0.4, 0.5) is 4.79 Å². The maximum absolute atomic E-state index is 12.2. The predicted octanol–water partition coefficient (Wildman–Crippen LogP) is 3.27. The Balaban J connectivity index is 2.65. The summed E-state index contributed by atoms with van der Waals surface area (Å²) in [5.41, 5.74) is 0.264. The Hall–Kier alpha value is -1.33. The van der Waals surface area contributed by atoms with Gasteiger partial charge >= 0.3 is 6.03 Å². The van der Waals surface area contributed by atoms with Crippen LogP contribution in [0.1, 0.15) is 18.1 Å². The zero-order valence-corrected chi connectivity index (χ0v) is 11.9. The van der Waals surface area contributed by atoms with Gasteiger partial charge in [-0.1, -0.05) is 36.9 Å². The van der Waals surface area contributed by atoms with Gasteiger partial charge in [-0.15, -0.1) is 0 Å². The molecular weight excluding hydrogens is 320 g/mol. The highest BCUT2D eigenvalue weighted by atomic mass is 79.9. The monoisotopic (exact) mass is 328 g/mol. The van der Waals surface area contributed by atoms with E-state index >= 15 is 0 Å². The third-order valence-electron chi connectivity index (χ3n) is 3.03. The number of carbonyl (C=O) groups is 2. The van der Waals surface area contributed by atoms with Crippen LogP contribution in [0.5, 0.6) is 0 Å². The lowest BCUT2D eigenvalue weighted by Crippen LogP contribution is -2.39. The van der Waals surface area contributed by atoms with Crippen LogP contribution >= 0.6 is 27.9 Å². The van der Waals surface area contributed by atoms with Crippen molar-refractivity contribution in [2.45, 2.75) is 12.5 Å². The second-order valence-electron chi connectivity index (χ2n) is 4.01. The number of carbonyl (C=O) groups excluding carboxylic acids is 2. The Morgan fingerprint density at radius 3 is 2.50 bits per heavy atom. The minimum absolute atomic E-state index is 0.500. The summed E-state index contributed by atoms with van der Waals surface area (Å²) in [6.45, 7) is 5.34. The van der Waals surface area contributed by atoms with Crippen molar-refractivity contribution in [2.24, 2.45) is 0 Å². The molecule has 1 aromatic carbocycles. The van der Waals surface area contributed by atoms with E-state index in [2.05, 4.69) is 22.7 Å². The van der Waals surface area contributed by atoms with Crippen molar-refractivity contribution in [3.05, 3.63) is 42.0 Å². The molecular formula is C12H10BrClN2O2. The molecule has 1 atom stereocenters. The van der Waals surface area contributed by atoms with Gasteiger partial charge in [0.2, 0.25) is 0 Å². The lowest BCUT2D eigenvalue weighted by molar-refractivity contribution is -0.128. The zero-order valence-electron chi connectivity index (χ0n) is 9.56. The van der Waals surface area contributed by atoms with Crippen molar-refractivity contribution < 1.29 is 9.59 Å². The van der Waals surface area contributed by atoms with E-state index in [1.54, 1.807) is 25.1 Å². The quantitative estimate of drug-likeness (QED) is 0.617. The number of rotatable bonds is 2. The lowest BCUT2D eigenvalue weighted by atomic mass is 9.88. The Kier molecular flexibility index (Phi) is 3.21. The summed E-state index contributed by atoms with van der Waals surface area (Å²) < 4.78 is 1.73. The van der Waals surface area contributed by atoms with Gasteiger partial charge in [-0.25, -0.2) is 8.72 Å². The van der Waals surface area contributed by atoms with E-state index in [9.17, 15) is 9.59 Å². The summed E-state index contributed by atoms with van der Waals surface area (Å²) in [7, 11) is 0. The van der Waals surface area contributed by atoms with E-state index in [4.69, 9.17) is 11.8 Å². The molecule has 1 fully saturated rings. The fourth-order valence-corrected chi connectivity index (χ4v) is 2.80. The number of amides is 3. The average Bonchev–Trinajstić information content (AvgIpc) is 2.55. The highest BCUT2D eigenvalue weighted by Gasteiger charge is 2.55. The van der Waals surface area contributed by atoms with Gasteiger partial charge in [-0.05, 0) is 18.1 Å². The molecule has 0 aliphatic carbocycles. The summed E-state index contributed by atoms with van der Waals surface area (Å²) in [5, 5.41) is 0. The first-order chi connectivity index (χ1) is 8.44. The van der Waals surface area contributed by atoms with Crippen molar-refractivity contribution in [1.82, 2.24) is 8.34 Å². The number of hydrogen-bond donors (Lipinski definition) is 0. The minimum atomic E-state index is -1.18. The number of urea groups is 1. The first kappa shape index (κ1) is 13.1. The Morgan fingerprint density at radius 2 is 2.00 bits per heavy atom. The summed E-state index contributed by atoms with van der Waals surface area (Å²) >= 11 is 8.78. The van der Waals surface area contributed by atoms with Gasteiger partial charge in [-0.2, -0.15) is 4.42 Å². The van der Waals surface area contributed by atoms with E-state index < -0.39 is 17.5 Å². The van der Waals surface area contributed by atoms with Gasteiger partial charge in [0, 0.05) is 11.8 Å². The van der Waals surface area contributed by atoms with E-state index in [-0.39, 0.29) is 0 Å². The number of imide groups is 1. The number of nitrogens with zero attached hydrogens (tertiary/aromatic N) is 2. The van der Waals surface area contributed by atoms with Crippen LogP contribution in [-0.4, -0.2) is 20.3 Å². The van der Waals surface area contributed by atoms with E-state index in [0.29, 0.717) is 9.98 Å². The molecule has 4 nitrogen and oxygen atoms in total. The van der Waals surface area contributed by atoms with Crippen molar-refractivity contribution in [1.29, 1.82) is 0 Å². The van der Waals surface area contributed by atoms with Crippen molar-refractivity contribution >= 4 is 45.9 Å². The van der Waals surface area contributed by atoms with E-state index in [1.807, 2.05) is 12.1 Å². The largest absolute Gasteiger partial charge is 0.353 e. The lowest BCUT2D eigenvalue weighted by Gasteiger charge is -2.28. The Labute approximate surface area is 118 Å². The number of hydrogen-bond acceptors (Lipinski definition) is 2. The molecule has 1 saturated heterocycles. The molecule has 0 N–H and O–H groups in total. The second kappa shape index (κ2) is 4.40. The third kappa shape index (κ3) is 1.58. The van der Waals surface area contributed by atoms with Gasteiger partial charge in [0.1, 0.15) is 0 Å². The van der Waals surface area contributed by atoms with Crippen molar-refractivity contribution in [3.63, 3.8) is 0 Å². The fraction of sp³-hybridized carbons (Fsp3) is 0.167. The van der Waals surface area contributed by atoms with Gasteiger partial charge in [0.25, 0.3) is 5.91 Å². The maximum atomic E-state index is 12.2. The highest BCUT2D eigenvalue weighted by molar-refractivity contribution is 9.07. The molecule has 0 bridgehead atoms. The minimum Gasteiger partial charge on any atom is -0.270 e. The molecule has 1 aliphatic rings. The number of halogens is 2. The van der Waals surface area contributed by atoms with Crippen LogP contribution in [0.25, 0.3) is 6.08 Å². The van der Waals surface area contributed by atoms with Crippen LogP contribution in [-0.2, 0) is 10.3 Å². The van der Waals surface area contributed by atoms with Crippen LogP contribution in [0.15, 0.2) is 30.8 Å². The van der Waals surface area contributed by atoms with Crippen molar-refractivity contribution in [2.75, 3.05) is 0 Å². The summed E-state index contributed by atoms with van der Waals surface area (Å²) in [4.78, 5) is 23.9. The van der Waals surface area contributed by atoms with Gasteiger partial charge < -0.3 is 0 Å². The summed E-state index contributed by atoms with van der Waals surface area (Å²) in [5.74, 6) is -0.500. The molecule has 2 rings (SSSR count). The molecule has 1 unspecified atom stereocenters. The summed E-state index contributed by atoms with van der Waals surface area (Å²) in [6.07, 6.45) is 1.63. The van der Waals surface area contributed by atoms with Gasteiger partial charge in [0.15, 0.2) is 5.54 Å². The molecule has 0 spiro atoms. The Morgan fingerprint density at radius 1 is 1.39 bits per heavy atom. The van der Waals surface area contributed by atoms with Crippen LogP contribution in [0.2, 0.25) is 0 Å². The normalized spacial score (nSPS) is 23.7. The fourth-order valence-electron chi connectivity index (χ4n) is 1.97. The molecule has 1 aromatic rings. The zero-order chi connectivity index (χ0) is 13.5. The second-order valence-corrected chi connectivity index (χ2v) is 5.06. The highest BCUT2D eigenvalue weighted by Crippen LogP contribution is 2.41. The van der Waals surface area contributed by atoms with E-state index in [1.165, 1.54) is 0 Å². The molecule has 18 heavy (non-hydrogen) atoms. The first-order valence-corrected chi connectivity index (χ1v) is 6.21. The Bertz CT molecular complexity index is 549. The molecule has 3 amide bonds. The topological polar surface area (TPSA) is 40.6 Å². The van der Waals surface area contributed by atoms with E-state index in [0.717, 1.165) is 9.49 Å². The third-order valence-corrected chi connectivity index (χ3v) is 4.34. The standard InChI is InChI=1S/C12H10BrClN2O2/c1-3-8-6-4-5-7-9(8)12(2)10(17)15(14)11(18)16(12)13/h3-7H,1H2,2H3. The molecule has 1 aliphatic heterocycles. The molecule has 6 heteroatoms. The van der Waals surface area contributed by atoms with Crippen LogP contribution < -0.4 is 0 Å². The number of benzene rings is 1. The van der Waals surface area contributed by atoms with Crippen LogP contribution in [0.3, 0.4) is 0 Å². The van der Waals surface area contributed by atoms with Crippen LogP contribution in [0, 0.1) is 0 Å². The average molecular weight is 330 g/mol. The SMILES string of the molecule is C=Cc1ccccc1C1(C)C(=O)N(Cl)C(=O)N1Br. The molecule has 1 heterocycles. The molecule has 0 radical (unpaired) electrons. The molecule has 0 saturated carbocycles. The maximum Gasteiger partial charge on any atom is 0.353 e.